The first kappa shape index (κ1) is 42.6. The fourth-order valence-corrected chi connectivity index (χ4v) is 5.90. The highest BCUT2D eigenvalue weighted by atomic mass is 17.2. The van der Waals surface area contributed by atoms with Crippen molar-refractivity contribution in [3.8, 4) is 0 Å². The molecule has 0 saturated heterocycles. The zero-order chi connectivity index (χ0) is 32.2. The quantitative estimate of drug-likeness (QED) is 0.0329. The minimum Gasteiger partial charge on any atom is -0.393 e. The van der Waals surface area contributed by atoms with E-state index in [1.54, 1.807) is 6.08 Å². The van der Waals surface area contributed by atoms with Gasteiger partial charge in [-0.1, -0.05) is 186 Å². The van der Waals surface area contributed by atoms with Gasteiger partial charge in [-0.05, 0) is 25.7 Å². The molecule has 260 valence electrons. The minimum absolute atomic E-state index is 0.196. The highest BCUT2D eigenvalue weighted by Crippen LogP contribution is 2.16. The number of carbonyl (C=O) groups is 2. The van der Waals surface area contributed by atoms with E-state index >= 15 is 0 Å². The van der Waals surface area contributed by atoms with Crippen LogP contribution in [0.5, 0.6) is 0 Å². The molecular weight excluding hydrogens is 548 g/mol. The van der Waals surface area contributed by atoms with Crippen molar-refractivity contribution in [2.24, 2.45) is 0 Å². The summed E-state index contributed by atoms with van der Waals surface area (Å²) < 4.78 is 0. The van der Waals surface area contributed by atoms with Crippen molar-refractivity contribution < 1.29 is 24.5 Å². The van der Waals surface area contributed by atoms with E-state index in [-0.39, 0.29) is 6.10 Å². The molecule has 1 N–H and O–H groups in total. The molecule has 0 amide bonds. The van der Waals surface area contributed by atoms with Crippen LogP contribution in [0.1, 0.15) is 219 Å². The normalized spacial score (nSPS) is 11.9. The Balaban J connectivity index is 3.28. The van der Waals surface area contributed by atoms with Crippen LogP contribution >= 0.6 is 0 Å². The molecule has 1 atom stereocenters. The standard InChI is InChI=1S/C39H74O5/c1-3-5-6-7-8-9-10-11-12-16-19-22-25-28-31-35-38(41)43-44-39(42)36-32-29-26-23-20-17-14-13-15-18-21-24-27-30-34-37(40)33-4-2/h4,37,40H,2-3,5-36H2,1H3. The molecule has 0 fully saturated rings. The molecule has 0 aromatic rings. The molecule has 44 heavy (non-hydrogen) atoms. The summed E-state index contributed by atoms with van der Waals surface area (Å²) in [6.45, 7) is 5.94. The second kappa shape index (κ2) is 36.1. The van der Waals surface area contributed by atoms with Crippen LogP contribution in [0.25, 0.3) is 0 Å². The van der Waals surface area contributed by atoms with Crippen molar-refractivity contribution in [3.63, 3.8) is 0 Å². The molecule has 0 rings (SSSR count). The highest BCUT2D eigenvalue weighted by molar-refractivity contribution is 5.72. The summed E-state index contributed by atoms with van der Waals surface area (Å²) in [5.41, 5.74) is 0. The molecule has 0 heterocycles. The number of unbranched alkanes of at least 4 members (excludes halogenated alkanes) is 27. The van der Waals surface area contributed by atoms with E-state index in [0.717, 1.165) is 51.4 Å². The van der Waals surface area contributed by atoms with E-state index in [1.165, 1.54) is 141 Å². The van der Waals surface area contributed by atoms with Crippen molar-refractivity contribution in [1.82, 2.24) is 0 Å². The van der Waals surface area contributed by atoms with Gasteiger partial charge in [0, 0.05) is 0 Å². The predicted octanol–water partition coefficient (Wildman–Crippen LogP) is 12.4. The summed E-state index contributed by atoms with van der Waals surface area (Å²) >= 11 is 0. The largest absolute Gasteiger partial charge is 0.393 e. The summed E-state index contributed by atoms with van der Waals surface area (Å²) in [5, 5.41) is 9.68. The third kappa shape index (κ3) is 35.1. The Morgan fingerprint density at radius 1 is 0.500 bits per heavy atom. The molecule has 0 spiro atoms. The first-order chi connectivity index (χ1) is 21.6. The van der Waals surface area contributed by atoms with Gasteiger partial charge in [0.1, 0.15) is 0 Å². The lowest BCUT2D eigenvalue weighted by Crippen LogP contribution is -2.11. The van der Waals surface area contributed by atoms with Gasteiger partial charge in [-0.15, -0.1) is 6.58 Å². The Kier molecular flexibility index (Phi) is 35.0. The van der Waals surface area contributed by atoms with Crippen LogP contribution in [0.2, 0.25) is 0 Å². The Morgan fingerprint density at radius 3 is 1.07 bits per heavy atom. The van der Waals surface area contributed by atoms with Crippen LogP contribution in [0, 0.1) is 0 Å². The number of rotatable bonds is 35. The highest BCUT2D eigenvalue weighted by Gasteiger charge is 2.09. The van der Waals surface area contributed by atoms with Crippen LogP contribution < -0.4 is 0 Å². The minimum atomic E-state index is -0.430. The van der Waals surface area contributed by atoms with Crippen molar-refractivity contribution in [2.45, 2.75) is 225 Å². The van der Waals surface area contributed by atoms with E-state index in [4.69, 9.17) is 9.78 Å². The molecule has 0 radical (unpaired) electrons. The molecule has 0 aromatic carbocycles. The van der Waals surface area contributed by atoms with Crippen molar-refractivity contribution in [2.75, 3.05) is 0 Å². The van der Waals surface area contributed by atoms with Gasteiger partial charge in [-0.25, -0.2) is 19.4 Å². The van der Waals surface area contributed by atoms with Crippen molar-refractivity contribution >= 4 is 11.9 Å². The first-order valence-corrected chi connectivity index (χ1v) is 19.3. The topological polar surface area (TPSA) is 72.8 Å². The van der Waals surface area contributed by atoms with Gasteiger partial charge >= 0.3 is 11.9 Å². The molecule has 5 heteroatoms. The zero-order valence-corrected chi connectivity index (χ0v) is 29.3. The second-order valence-corrected chi connectivity index (χ2v) is 13.3. The van der Waals surface area contributed by atoms with Gasteiger partial charge < -0.3 is 5.11 Å². The lowest BCUT2D eigenvalue weighted by molar-refractivity contribution is -0.259. The van der Waals surface area contributed by atoms with Crippen LogP contribution in [0.15, 0.2) is 12.7 Å². The number of carbonyl (C=O) groups excluding carboxylic acids is 2. The van der Waals surface area contributed by atoms with Crippen LogP contribution in [0.3, 0.4) is 0 Å². The lowest BCUT2D eigenvalue weighted by Gasteiger charge is -2.07. The Morgan fingerprint density at radius 2 is 0.773 bits per heavy atom. The maximum atomic E-state index is 11.8. The SMILES string of the molecule is C=CCC(O)CCCCCCCCCCCCCCCCC(=O)OOC(=O)CCCCCCCCCCCCCCCCC. The third-order valence-electron chi connectivity index (χ3n) is 8.82. The molecule has 1 unspecified atom stereocenters. The average Bonchev–Trinajstić information content (AvgIpc) is 3.01. The van der Waals surface area contributed by atoms with E-state index in [0.29, 0.717) is 19.3 Å². The Hall–Kier alpha value is -1.36. The van der Waals surface area contributed by atoms with E-state index in [1.807, 2.05) is 0 Å². The molecule has 0 aliphatic carbocycles. The molecule has 0 saturated carbocycles. The Bertz CT molecular complexity index is 620. The van der Waals surface area contributed by atoms with Gasteiger partial charge in [-0.3, -0.25) is 0 Å². The van der Waals surface area contributed by atoms with Crippen LogP contribution in [-0.2, 0) is 19.4 Å². The summed E-state index contributed by atoms with van der Waals surface area (Å²) in [4.78, 5) is 33.1. The van der Waals surface area contributed by atoms with Gasteiger partial charge in [0.2, 0.25) is 0 Å². The molecule has 0 aromatic heterocycles. The number of hydrogen-bond donors (Lipinski definition) is 1. The van der Waals surface area contributed by atoms with Crippen molar-refractivity contribution in [3.05, 3.63) is 12.7 Å². The predicted molar refractivity (Wildman–Crippen MR) is 186 cm³/mol. The van der Waals surface area contributed by atoms with Crippen LogP contribution in [0.4, 0.5) is 0 Å². The second-order valence-electron chi connectivity index (χ2n) is 13.3. The van der Waals surface area contributed by atoms with Gasteiger partial charge in [-0.2, -0.15) is 0 Å². The summed E-state index contributed by atoms with van der Waals surface area (Å²) in [7, 11) is 0. The summed E-state index contributed by atoms with van der Waals surface area (Å²) in [6.07, 6.45) is 40.3. The number of aliphatic hydroxyl groups excluding tert-OH is 1. The molecular formula is C39H74O5. The van der Waals surface area contributed by atoms with Gasteiger partial charge in [0.25, 0.3) is 0 Å². The smallest absolute Gasteiger partial charge is 0.355 e. The van der Waals surface area contributed by atoms with Gasteiger partial charge in [0.05, 0.1) is 18.9 Å². The third-order valence-corrected chi connectivity index (χ3v) is 8.82. The molecule has 0 bridgehead atoms. The van der Waals surface area contributed by atoms with E-state index in [9.17, 15) is 14.7 Å². The first-order valence-electron chi connectivity index (χ1n) is 19.3. The number of aliphatic hydroxyl groups is 1. The molecule has 0 aliphatic heterocycles. The number of hydrogen-bond acceptors (Lipinski definition) is 5. The van der Waals surface area contributed by atoms with Crippen LogP contribution in [-0.4, -0.2) is 23.1 Å². The van der Waals surface area contributed by atoms with Crippen molar-refractivity contribution in [1.29, 1.82) is 0 Å². The Labute approximate surface area is 273 Å². The maximum Gasteiger partial charge on any atom is 0.355 e. The monoisotopic (exact) mass is 623 g/mol. The molecule has 0 aliphatic rings. The average molecular weight is 623 g/mol. The molecule has 5 nitrogen and oxygen atoms in total. The van der Waals surface area contributed by atoms with E-state index < -0.39 is 11.9 Å². The summed E-state index contributed by atoms with van der Waals surface area (Å²) in [5.74, 6) is -0.858. The van der Waals surface area contributed by atoms with Gasteiger partial charge in [0.15, 0.2) is 0 Å². The lowest BCUT2D eigenvalue weighted by atomic mass is 10.0. The fraction of sp³-hybridized carbons (Fsp3) is 0.897. The maximum absolute atomic E-state index is 11.8. The van der Waals surface area contributed by atoms with E-state index in [2.05, 4.69) is 13.5 Å². The fourth-order valence-electron chi connectivity index (χ4n) is 5.90. The zero-order valence-electron chi connectivity index (χ0n) is 29.3. The summed E-state index contributed by atoms with van der Waals surface area (Å²) in [6, 6.07) is 0.